The van der Waals surface area contributed by atoms with Crippen LogP contribution in [0.1, 0.15) is 19.3 Å². The van der Waals surface area contributed by atoms with E-state index in [4.69, 9.17) is 39.8 Å². The van der Waals surface area contributed by atoms with Crippen LogP contribution >= 0.6 is 57.5 Å². The molecule has 14 heteroatoms. The number of hydrogen-bond donors (Lipinski definition) is 1. The van der Waals surface area contributed by atoms with Crippen molar-refractivity contribution in [2.24, 2.45) is 0 Å². The van der Waals surface area contributed by atoms with E-state index in [-0.39, 0.29) is 10.6 Å². The van der Waals surface area contributed by atoms with Gasteiger partial charge in [-0.25, -0.2) is 19.9 Å². The van der Waals surface area contributed by atoms with Crippen molar-refractivity contribution in [1.82, 2.24) is 19.9 Å². The Balaban J connectivity index is 0.000000178. The number of hydrogen-bond acceptors (Lipinski definition) is 10. The number of thiophene rings is 2. The molecule has 0 bridgehead atoms. The lowest BCUT2D eigenvalue weighted by Gasteiger charge is -1.94. The fourth-order valence-corrected chi connectivity index (χ4v) is 3.76. The van der Waals surface area contributed by atoms with Crippen LogP contribution in [-0.2, 0) is 0 Å². The van der Waals surface area contributed by atoms with Crippen molar-refractivity contribution in [3.63, 3.8) is 0 Å². The molecule has 4 rings (SSSR count). The first-order chi connectivity index (χ1) is 15.4. The van der Waals surface area contributed by atoms with Gasteiger partial charge < -0.3 is 9.68 Å². The van der Waals surface area contributed by atoms with Gasteiger partial charge in [0.1, 0.15) is 5.15 Å². The van der Waals surface area contributed by atoms with Gasteiger partial charge in [-0.3, -0.25) is 9.59 Å². The first-order valence-electron chi connectivity index (χ1n) is 8.30. The molecule has 32 heavy (non-hydrogen) atoms. The van der Waals surface area contributed by atoms with Gasteiger partial charge in [0, 0.05) is 12.4 Å². The van der Waals surface area contributed by atoms with Crippen LogP contribution in [0.5, 0.6) is 5.06 Å². The predicted octanol–water partition coefficient (Wildman–Crippen LogP) is 4.92. The zero-order chi connectivity index (χ0) is 23.3. The third kappa shape index (κ3) is 8.99. The van der Waals surface area contributed by atoms with Crippen LogP contribution in [0.15, 0.2) is 48.8 Å². The Hall–Kier alpha value is -2.41. The molecule has 4 aromatic heterocycles. The van der Waals surface area contributed by atoms with Gasteiger partial charge in [0.25, 0.3) is 0 Å². The second-order valence-electron chi connectivity index (χ2n) is 5.18. The van der Waals surface area contributed by atoms with Gasteiger partial charge in [-0.15, -0.1) is 11.3 Å². The molecule has 0 unspecified atom stereocenters. The molecule has 1 N–H and O–H groups in total. The minimum Gasteiger partial charge on any atom is -0.530 e. The van der Waals surface area contributed by atoms with Crippen molar-refractivity contribution >= 4 is 77.7 Å². The number of halogens is 3. The average Bonchev–Trinajstić information content (AvgIpc) is 3.44. The Kier molecular flexibility index (Phi) is 11.2. The highest BCUT2D eigenvalue weighted by Gasteiger charge is 2.04. The minimum atomic E-state index is 0.178. The zero-order valence-electron chi connectivity index (χ0n) is 15.8. The predicted molar refractivity (Wildman–Crippen MR) is 126 cm³/mol. The molecule has 0 atom stereocenters. The molecular formula is C18H11BCl3N4O4S2. The van der Waals surface area contributed by atoms with Crippen LogP contribution in [-0.4, -0.2) is 45.2 Å². The quantitative estimate of drug-likeness (QED) is 0.168. The van der Waals surface area contributed by atoms with Gasteiger partial charge >= 0.3 is 7.69 Å². The summed E-state index contributed by atoms with van der Waals surface area (Å²) >= 11 is 18.9. The third-order valence-electron chi connectivity index (χ3n) is 3.10. The molecule has 8 nitrogen and oxygen atoms in total. The van der Waals surface area contributed by atoms with Crippen molar-refractivity contribution in [2.75, 3.05) is 0 Å². The molecule has 0 spiro atoms. The Morgan fingerprint density at radius 2 is 1.47 bits per heavy atom. The summed E-state index contributed by atoms with van der Waals surface area (Å²) in [7, 11) is 0.584. The fraction of sp³-hybridized carbons (Fsp3) is 0. The van der Waals surface area contributed by atoms with Crippen LogP contribution < -0.4 is 4.65 Å². The zero-order valence-corrected chi connectivity index (χ0v) is 19.7. The van der Waals surface area contributed by atoms with E-state index in [1.165, 1.54) is 28.9 Å². The second kappa shape index (κ2) is 13.9. The van der Waals surface area contributed by atoms with E-state index in [2.05, 4.69) is 24.6 Å². The normalized spacial score (nSPS) is 9.50. The molecule has 0 aliphatic heterocycles. The first-order valence-corrected chi connectivity index (χ1v) is 11.1. The summed E-state index contributed by atoms with van der Waals surface area (Å²) < 4.78 is 4.58. The lowest BCUT2D eigenvalue weighted by molar-refractivity contribution is 0.111. The van der Waals surface area contributed by atoms with Crippen LogP contribution in [0.25, 0.3) is 10.6 Å². The van der Waals surface area contributed by atoms with Crippen molar-refractivity contribution in [3.8, 4) is 15.6 Å². The number of carbonyl (C=O) groups is 2. The number of rotatable bonds is 5. The molecular weight excluding hydrogens is 518 g/mol. The van der Waals surface area contributed by atoms with Gasteiger partial charge in [0.05, 0.1) is 20.3 Å². The van der Waals surface area contributed by atoms with E-state index < -0.39 is 0 Å². The van der Waals surface area contributed by atoms with Crippen LogP contribution in [0, 0.1) is 0 Å². The van der Waals surface area contributed by atoms with E-state index in [1.54, 1.807) is 36.5 Å². The molecule has 0 fully saturated rings. The molecule has 4 heterocycles. The smallest absolute Gasteiger partial charge is 0.530 e. The molecule has 163 valence electrons. The summed E-state index contributed by atoms with van der Waals surface area (Å²) in [4.78, 5) is 37.8. The number of aromatic nitrogens is 4. The summed E-state index contributed by atoms with van der Waals surface area (Å²) in [5.41, 5.74) is 0.739. The Morgan fingerprint density at radius 3 is 1.97 bits per heavy atom. The molecule has 0 aromatic carbocycles. The summed E-state index contributed by atoms with van der Waals surface area (Å²) in [6.45, 7) is 0. The SMILES string of the molecule is Clc1ccnc(Cl)n1.O=Cc1ccc(-c2ccnc(Cl)n2)s1.O=Cc1ccc(O[B]O)s1. The van der Waals surface area contributed by atoms with Crippen LogP contribution in [0.3, 0.4) is 0 Å². The topological polar surface area (TPSA) is 115 Å². The summed E-state index contributed by atoms with van der Waals surface area (Å²) in [5.74, 6) is 0. The minimum absolute atomic E-state index is 0.178. The van der Waals surface area contributed by atoms with Gasteiger partial charge in [-0.2, -0.15) is 0 Å². The number of aldehydes is 2. The van der Waals surface area contributed by atoms with Gasteiger partial charge in [-0.05, 0) is 59.6 Å². The molecule has 1 radical (unpaired) electrons. The van der Waals surface area contributed by atoms with Crippen molar-refractivity contribution in [2.45, 2.75) is 0 Å². The van der Waals surface area contributed by atoms with E-state index in [1.807, 2.05) is 6.07 Å². The van der Waals surface area contributed by atoms with E-state index in [0.717, 1.165) is 23.1 Å². The monoisotopic (exact) mass is 527 g/mol. The Labute approximate surface area is 206 Å². The third-order valence-corrected chi connectivity index (χ3v) is 5.61. The maximum absolute atomic E-state index is 10.5. The van der Waals surface area contributed by atoms with Gasteiger partial charge in [0.2, 0.25) is 10.6 Å². The van der Waals surface area contributed by atoms with Crippen molar-refractivity contribution < 1.29 is 19.3 Å². The molecule has 0 aliphatic carbocycles. The maximum atomic E-state index is 10.5. The second-order valence-corrected chi connectivity index (χ2v) is 8.43. The summed E-state index contributed by atoms with van der Waals surface area (Å²) in [6.07, 6.45) is 4.63. The van der Waals surface area contributed by atoms with E-state index in [0.29, 0.717) is 27.7 Å². The van der Waals surface area contributed by atoms with Crippen molar-refractivity contribution in [1.29, 1.82) is 0 Å². The first kappa shape index (κ1) is 25.9. The highest BCUT2D eigenvalue weighted by molar-refractivity contribution is 7.17. The van der Waals surface area contributed by atoms with E-state index in [9.17, 15) is 9.59 Å². The van der Waals surface area contributed by atoms with Crippen LogP contribution in [0.2, 0.25) is 15.7 Å². The number of carbonyl (C=O) groups excluding carboxylic acids is 2. The van der Waals surface area contributed by atoms with Crippen molar-refractivity contribution in [3.05, 3.63) is 74.3 Å². The Bertz CT molecular complexity index is 1150. The largest absolute Gasteiger partial charge is 0.569 e. The highest BCUT2D eigenvalue weighted by atomic mass is 35.5. The fourth-order valence-electron chi connectivity index (χ4n) is 1.85. The lowest BCUT2D eigenvalue weighted by atomic mass is 10.3. The standard InChI is InChI=1S/C9H5ClN2OS.C5H4BO3S.C4H2Cl2N2/c10-9-11-4-3-7(12-9)8-2-1-6(5-13)14-8;7-3-4-1-2-5(10-4)9-6-8;5-3-1-2-7-4(6)8-3/h1-5H;1-3,8H;1-2H. The molecule has 0 saturated heterocycles. The molecule has 0 aliphatic rings. The lowest BCUT2D eigenvalue weighted by Crippen LogP contribution is -1.97. The Morgan fingerprint density at radius 1 is 0.844 bits per heavy atom. The number of nitrogens with zero attached hydrogens (tertiary/aromatic N) is 4. The van der Waals surface area contributed by atoms with E-state index >= 15 is 0 Å². The molecule has 0 amide bonds. The maximum Gasteiger partial charge on any atom is 0.569 e. The molecule has 0 saturated carbocycles. The summed E-state index contributed by atoms with van der Waals surface area (Å²) in [5, 5.41) is 9.43. The van der Waals surface area contributed by atoms with Gasteiger partial charge in [-0.1, -0.05) is 22.9 Å². The molecule has 4 aromatic rings. The highest BCUT2D eigenvalue weighted by Crippen LogP contribution is 2.25. The average molecular weight is 529 g/mol. The van der Waals surface area contributed by atoms with Crippen LogP contribution in [0.4, 0.5) is 0 Å². The summed E-state index contributed by atoms with van der Waals surface area (Å²) in [6, 6.07) is 10.1. The van der Waals surface area contributed by atoms with Gasteiger partial charge in [0.15, 0.2) is 17.6 Å².